The monoisotopic (exact) mass is 451 g/mol. The summed E-state index contributed by atoms with van der Waals surface area (Å²) in [5, 5.41) is 6.90. The molecular formula is C23H22FN5O4. The van der Waals surface area contributed by atoms with Crippen molar-refractivity contribution in [2.45, 2.75) is 26.0 Å². The van der Waals surface area contributed by atoms with Gasteiger partial charge in [-0.05, 0) is 36.8 Å². The number of halogens is 1. The van der Waals surface area contributed by atoms with Crippen LogP contribution in [0.25, 0.3) is 0 Å². The van der Waals surface area contributed by atoms with Gasteiger partial charge in [-0.3, -0.25) is 9.59 Å². The molecule has 0 fully saturated rings. The minimum absolute atomic E-state index is 0.106. The molecule has 0 spiro atoms. The van der Waals surface area contributed by atoms with Gasteiger partial charge in [-0.25, -0.2) is 14.4 Å². The molecule has 0 saturated heterocycles. The molecule has 1 atom stereocenters. The Balaban J connectivity index is 1.47. The number of carbonyl (C=O) groups excluding carboxylic acids is 1. The van der Waals surface area contributed by atoms with E-state index in [0.717, 1.165) is 5.56 Å². The Morgan fingerprint density at radius 1 is 1.27 bits per heavy atom. The lowest BCUT2D eigenvalue weighted by atomic mass is 10.0. The van der Waals surface area contributed by atoms with Crippen LogP contribution in [-0.4, -0.2) is 33.3 Å². The summed E-state index contributed by atoms with van der Waals surface area (Å²) in [4.78, 5) is 38.5. The highest BCUT2D eigenvalue weighted by Gasteiger charge is 2.26. The Morgan fingerprint density at radius 3 is 2.85 bits per heavy atom. The van der Waals surface area contributed by atoms with Crippen LogP contribution in [-0.2, 0) is 18.4 Å². The van der Waals surface area contributed by atoms with E-state index in [4.69, 9.17) is 9.57 Å². The Morgan fingerprint density at radius 2 is 2.09 bits per heavy atom. The summed E-state index contributed by atoms with van der Waals surface area (Å²) in [6.07, 6.45) is 1.79. The Hall–Kier alpha value is -4.08. The van der Waals surface area contributed by atoms with Gasteiger partial charge in [0, 0.05) is 37.8 Å². The number of nitrogens with zero attached hydrogens (tertiary/aromatic N) is 4. The first-order valence-corrected chi connectivity index (χ1v) is 10.2. The lowest BCUT2D eigenvalue weighted by molar-refractivity contribution is 0.0852. The zero-order valence-electron chi connectivity index (χ0n) is 18.3. The van der Waals surface area contributed by atoms with E-state index < -0.39 is 11.7 Å². The SMILES string of the molecule is COc1cc(CNC(=O)c2cc(C3=NO[C@@H](c4ccc(=O)n(C)c4)C3)nc(C)n2)ccc1F. The molecule has 170 valence electrons. The average Bonchev–Trinajstić information content (AvgIpc) is 3.30. The van der Waals surface area contributed by atoms with Crippen molar-refractivity contribution >= 4 is 11.6 Å². The van der Waals surface area contributed by atoms with E-state index in [1.165, 1.54) is 29.9 Å². The number of oxime groups is 1. The van der Waals surface area contributed by atoms with E-state index in [1.807, 2.05) is 0 Å². The number of aromatic nitrogens is 3. The second-order valence-electron chi connectivity index (χ2n) is 7.58. The highest BCUT2D eigenvalue weighted by atomic mass is 19.1. The van der Waals surface area contributed by atoms with Gasteiger partial charge in [0.1, 0.15) is 17.2 Å². The van der Waals surface area contributed by atoms with E-state index in [-0.39, 0.29) is 29.7 Å². The summed E-state index contributed by atoms with van der Waals surface area (Å²) in [5.41, 5.74) is 2.63. The number of carbonyl (C=O) groups is 1. The van der Waals surface area contributed by atoms with Crippen LogP contribution in [0.15, 0.2) is 52.5 Å². The predicted molar refractivity (Wildman–Crippen MR) is 118 cm³/mol. The van der Waals surface area contributed by atoms with Crippen LogP contribution in [0.2, 0.25) is 0 Å². The molecular weight excluding hydrogens is 429 g/mol. The zero-order chi connectivity index (χ0) is 23.5. The number of benzene rings is 1. The summed E-state index contributed by atoms with van der Waals surface area (Å²) in [6.45, 7) is 1.86. The standard InChI is InChI=1S/C23H22FN5O4/c1-13-26-17(18-10-20(33-28-18)15-5-7-22(30)29(2)12-15)9-19(27-13)23(31)25-11-14-4-6-16(24)21(8-14)32-3/h4-9,12,20H,10-11H2,1-3H3,(H,25,31)/t20-/m1/s1. The van der Waals surface area contributed by atoms with Crippen molar-refractivity contribution in [2.75, 3.05) is 7.11 Å². The van der Waals surface area contributed by atoms with Crippen molar-refractivity contribution < 1.29 is 18.8 Å². The molecule has 1 aliphatic rings. The third-order valence-corrected chi connectivity index (χ3v) is 5.18. The second-order valence-corrected chi connectivity index (χ2v) is 7.58. The van der Waals surface area contributed by atoms with Crippen LogP contribution in [0.1, 0.15) is 45.7 Å². The molecule has 10 heteroatoms. The van der Waals surface area contributed by atoms with Gasteiger partial charge in [0.2, 0.25) is 5.56 Å². The number of pyridine rings is 1. The fourth-order valence-electron chi connectivity index (χ4n) is 3.43. The fraction of sp³-hybridized carbons (Fsp3) is 0.261. The van der Waals surface area contributed by atoms with E-state index in [9.17, 15) is 14.0 Å². The van der Waals surface area contributed by atoms with Gasteiger partial charge in [0.05, 0.1) is 12.8 Å². The first-order valence-electron chi connectivity index (χ1n) is 10.2. The molecule has 2 aromatic heterocycles. The number of rotatable bonds is 6. The van der Waals surface area contributed by atoms with Gasteiger partial charge in [0.15, 0.2) is 17.7 Å². The number of amides is 1. The molecule has 0 unspecified atom stereocenters. The molecule has 0 radical (unpaired) electrons. The van der Waals surface area contributed by atoms with Crippen LogP contribution in [0.5, 0.6) is 5.75 Å². The summed E-state index contributed by atoms with van der Waals surface area (Å²) >= 11 is 0. The molecule has 3 heterocycles. The van der Waals surface area contributed by atoms with Crippen LogP contribution < -0.4 is 15.6 Å². The Bertz CT molecular complexity index is 1300. The van der Waals surface area contributed by atoms with Crippen LogP contribution in [0, 0.1) is 12.7 Å². The maximum absolute atomic E-state index is 13.6. The summed E-state index contributed by atoms with van der Waals surface area (Å²) in [5.74, 6) is -0.359. The topological polar surface area (TPSA) is 108 Å². The Labute approximate surface area is 188 Å². The third kappa shape index (κ3) is 4.89. The first kappa shape index (κ1) is 22.1. The number of hydrogen-bond donors (Lipinski definition) is 1. The summed E-state index contributed by atoms with van der Waals surface area (Å²) < 4.78 is 20.0. The van der Waals surface area contributed by atoms with Crippen molar-refractivity contribution in [1.29, 1.82) is 0 Å². The molecule has 0 aliphatic carbocycles. The van der Waals surface area contributed by atoms with Crippen molar-refractivity contribution in [1.82, 2.24) is 19.9 Å². The van der Waals surface area contributed by atoms with Crippen LogP contribution >= 0.6 is 0 Å². The van der Waals surface area contributed by atoms with E-state index in [0.29, 0.717) is 29.2 Å². The lowest BCUT2D eigenvalue weighted by Gasteiger charge is -2.10. The molecule has 0 bridgehead atoms. The van der Waals surface area contributed by atoms with Gasteiger partial charge in [-0.2, -0.15) is 0 Å². The highest BCUT2D eigenvalue weighted by molar-refractivity contribution is 6.02. The average molecular weight is 451 g/mol. The maximum atomic E-state index is 13.6. The van der Waals surface area contributed by atoms with E-state index in [2.05, 4.69) is 20.4 Å². The number of ether oxygens (including phenoxy) is 1. The highest BCUT2D eigenvalue weighted by Crippen LogP contribution is 2.28. The summed E-state index contributed by atoms with van der Waals surface area (Å²) in [6, 6.07) is 9.12. The lowest BCUT2D eigenvalue weighted by Crippen LogP contribution is -2.25. The van der Waals surface area contributed by atoms with Crippen molar-refractivity contribution in [3.8, 4) is 5.75 Å². The normalized spacial score (nSPS) is 15.0. The molecule has 1 aliphatic heterocycles. The van der Waals surface area contributed by atoms with E-state index >= 15 is 0 Å². The van der Waals surface area contributed by atoms with Gasteiger partial charge < -0.3 is 19.5 Å². The van der Waals surface area contributed by atoms with Gasteiger partial charge in [-0.1, -0.05) is 11.2 Å². The maximum Gasteiger partial charge on any atom is 0.270 e. The minimum Gasteiger partial charge on any atom is -0.494 e. The fourth-order valence-corrected chi connectivity index (χ4v) is 3.43. The van der Waals surface area contributed by atoms with Gasteiger partial charge in [-0.15, -0.1) is 0 Å². The van der Waals surface area contributed by atoms with Crippen molar-refractivity contribution in [3.05, 3.63) is 87.1 Å². The predicted octanol–water partition coefficient (Wildman–Crippen LogP) is 2.43. The molecule has 33 heavy (non-hydrogen) atoms. The minimum atomic E-state index is -0.473. The molecule has 4 rings (SSSR count). The summed E-state index contributed by atoms with van der Waals surface area (Å²) in [7, 11) is 3.05. The molecule has 0 saturated carbocycles. The Kier molecular flexibility index (Phi) is 6.16. The molecule has 1 aromatic carbocycles. The number of methoxy groups -OCH3 is 1. The van der Waals surface area contributed by atoms with Crippen molar-refractivity contribution in [2.24, 2.45) is 12.2 Å². The molecule has 1 N–H and O–H groups in total. The van der Waals surface area contributed by atoms with Crippen molar-refractivity contribution in [3.63, 3.8) is 0 Å². The molecule has 9 nitrogen and oxygen atoms in total. The van der Waals surface area contributed by atoms with Gasteiger partial charge in [0.25, 0.3) is 5.91 Å². The largest absolute Gasteiger partial charge is 0.494 e. The third-order valence-electron chi connectivity index (χ3n) is 5.18. The molecule has 3 aromatic rings. The smallest absolute Gasteiger partial charge is 0.270 e. The zero-order valence-corrected chi connectivity index (χ0v) is 18.3. The first-order chi connectivity index (χ1) is 15.8. The molecule has 1 amide bonds. The van der Waals surface area contributed by atoms with Crippen LogP contribution in [0.3, 0.4) is 0 Å². The van der Waals surface area contributed by atoms with Crippen LogP contribution in [0.4, 0.5) is 4.39 Å². The number of hydrogen-bond acceptors (Lipinski definition) is 7. The van der Waals surface area contributed by atoms with E-state index in [1.54, 1.807) is 38.4 Å². The van der Waals surface area contributed by atoms with Gasteiger partial charge >= 0.3 is 0 Å². The second kappa shape index (κ2) is 9.19. The number of nitrogens with one attached hydrogen (secondary N) is 1. The number of aryl methyl sites for hydroxylation is 2. The quantitative estimate of drug-likeness (QED) is 0.617.